The van der Waals surface area contributed by atoms with Crippen LogP contribution in [0.1, 0.15) is 69.9 Å². The third-order valence-corrected chi connectivity index (χ3v) is 5.84. The van der Waals surface area contributed by atoms with Crippen molar-refractivity contribution in [3.05, 3.63) is 58.1 Å². The lowest BCUT2D eigenvalue weighted by Crippen LogP contribution is -2.35. The maximum absolute atomic E-state index is 15.0. The number of benzene rings is 1. The summed E-state index contributed by atoms with van der Waals surface area (Å²) in [6, 6.07) is 7.09. The number of rotatable bonds is 5. The Bertz CT molecular complexity index is 743. The quantitative estimate of drug-likeness (QED) is 0.517. The highest BCUT2D eigenvalue weighted by atomic mass is 19.3. The van der Waals surface area contributed by atoms with Crippen LogP contribution in [0, 0.1) is 18.8 Å². The van der Waals surface area contributed by atoms with Crippen LogP contribution in [0.5, 0.6) is 0 Å². The molecule has 2 unspecified atom stereocenters. The predicted octanol–water partition coefficient (Wildman–Crippen LogP) is 7.44. The summed E-state index contributed by atoms with van der Waals surface area (Å²) >= 11 is 0. The predicted molar refractivity (Wildman–Crippen MR) is 102 cm³/mol. The van der Waals surface area contributed by atoms with E-state index in [0.29, 0.717) is 35.5 Å². The van der Waals surface area contributed by atoms with Crippen LogP contribution in [-0.4, -0.2) is 6.11 Å². The van der Waals surface area contributed by atoms with Gasteiger partial charge in [0.05, 0.1) is 5.92 Å². The van der Waals surface area contributed by atoms with E-state index in [1.165, 1.54) is 0 Å². The zero-order valence-corrected chi connectivity index (χ0v) is 16.6. The van der Waals surface area contributed by atoms with Gasteiger partial charge < -0.3 is 4.74 Å². The molecule has 0 amide bonds. The lowest BCUT2D eigenvalue weighted by atomic mass is 9.80. The number of hydrogen-bond acceptors (Lipinski definition) is 1. The summed E-state index contributed by atoms with van der Waals surface area (Å²) in [6.07, 6.45) is -0.203. The number of alkyl halides is 2. The monoisotopic (exact) mass is 378 g/mol. The van der Waals surface area contributed by atoms with Gasteiger partial charge in [-0.3, -0.25) is 0 Å². The number of halogens is 3. The first-order chi connectivity index (χ1) is 12.7. The van der Waals surface area contributed by atoms with Crippen LogP contribution < -0.4 is 0 Å². The molecule has 27 heavy (non-hydrogen) atoms. The Morgan fingerprint density at radius 1 is 1.07 bits per heavy atom. The van der Waals surface area contributed by atoms with Crippen molar-refractivity contribution in [2.24, 2.45) is 11.8 Å². The number of ether oxygens (including phenoxy) is 1. The molecule has 0 spiro atoms. The van der Waals surface area contributed by atoms with Crippen LogP contribution in [0.25, 0.3) is 0 Å². The van der Waals surface area contributed by atoms with E-state index in [1.807, 2.05) is 26.0 Å². The number of aryl methyl sites for hydroxylation is 1. The van der Waals surface area contributed by atoms with Crippen molar-refractivity contribution >= 4 is 0 Å². The van der Waals surface area contributed by atoms with Crippen molar-refractivity contribution in [1.29, 1.82) is 0 Å². The Hall–Kier alpha value is -1.71. The minimum atomic E-state index is -3.41. The first kappa shape index (κ1) is 20.0. The van der Waals surface area contributed by atoms with E-state index in [9.17, 15) is 8.78 Å². The van der Waals surface area contributed by atoms with Crippen molar-refractivity contribution in [3.63, 3.8) is 0 Å². The van der Waals surface area contributed by atoms with Gasteiger partial charge in [0.15, 0.2) is 11.6 Å². The van der Waals surface area contributed by atoms with Crippen LogP contribution >= 0.6 is 0 Å². The van der Waals surface area contributed by atoms with Gasteiger partial charge >= 0.3 is 6.11 Å². The number of hydrogen-bond donors (Lipinski definition) is 0. The van der Waals surface area contributed by atoms with Crippen LogP contribution in [0.2, 0.25) is 0 Å². The maximum Gasteiger partial charge on any atom is 0.405 e. The Morgan fingerprint density at radius 2 is 1.74 bits per heavy atom. The Morgan fingerprint density at radius 3 is 2.37 bits per heavy atom. The highest BCUT2D eigenvalue weighted by molar-refractivity contribution is 5.40. The number of allylic oxidation sites excluding steroid dienone is 3. The fraction of sp³-hybridized carbons (Fsp3) is 0.565. The Labute approximate surface area is 160 Å². The largest absolute Gasteiger partial charge is 0.429 e. The van der Waals surface area contributed by atoms with Crippen LogP contribution in [0.3, 0.4) is 0 Å². The molecule has 0 bridgehead atoms. The van der Waals surface area contributed by atoms with Gasteiger partial charge in [0.1, 0.15) is 0 Å². The molecule has 3 rings (SSSR count). The van der Waals surface area contributed by atoms with Crippen molar-refractivity contribution in [1.82, 2.24) is 0 Å². The molecule has 0 saturated heterocycles. The first-order valence-electron chi connectivity index (χ1n) is 9.93. The summed E-state index contributed by atoms with van der Waals surface area (Å²) < 4.78 is 49.5. The second-order valence-electron chi connectivity index (χ2n) is 8.48. The van der Waals surface area contributed by atoms with Gasteiger partial charge in [0.25, 0.3) is 0 Å². The van der Waals surface area contributed by atoms with E-state index in [4.69, 9.17) is 4.74 Å². The van der Waals surface area contributed by atoms with Gasteiger partial charge in [-0.05, 0) is 61.2 Å². The molecule has 148 valence electrons. The van der Waals surface area contributed by atoms with Crippen molar-refractivity contribution in [2.45, 2.75) is 71.8 Å². The highest BCUT2D eigenvalue weighted by Gasteiger charge is 2.49. The third kappa shape index (κ3) is 4.25. The van der Waals surface area contributed by atoms with Crippen LogP contribution in [0.15, 0.2) is 47.0 Å². The average molecular weight is 378 g/mol. The first-order valence-corrected chi connectivity index (χ1v) is 9.93. The molecule has 1 nitrogen and oxygen atoms in total. The smallest absolute Gasteiger partial charge is 0.405 e. The van der Waals surface area contributed by atoms with Gasteiger partial charge in [0, 0.05) is 0 Å². The normalized spacial score (nSPS) is 23.3. The SMILES string of the molecule is Cc1ccc(C2CC3=C(OC2(F)F)C(F)=C(C(C)CCC(C)C)CC3)cc1. The van der Waals surface area contributed by atoms with Crippen molar-refractivity contribution in [3.8, 4) is 0 Å². The molecule has 0 N–H and O–H groups in total. The van der Waals surface area contributed by atoms with Gasteiger partial charge in [0.2, 0.25) is 0 Å². The van der Waals surface area contributed by atoms with E-state index in [-0.39, 0.29) is 18.1 Å². The zero-order chi connectivity index (χ0) is 19.8. The van der Waals surface area contributed by atoms with E-state index in [2.05, 4.69) is 13.8 Å². The average Bonchev–Trinajstić information content (AvgIpc) is 2.60. The van der Waals surface area contributed by atoms with Crippen molar-refractivity contribution in [2.75, 3.05) is 0 Å². The van der Waals surface area contributed by atoms with Gasteiger partial charge in [-0.15, -0.1) is 0 Å². The standard InChI is InChI=1S/C23H29F3O/c1-14(2)5-8-16(4)19-12-11-18-13-20(17-9-6-15(3)7-10-17)23(25,26)27-22(18)21(19)24/h6-7,9-10,14,16,20H,5,8,11-13H2,1-4H3. The molecule has 4 heteroatoms. The fourth-order valence-corrected chi connectivity index (χ4v) is 4.02. The molecule has 0 fully saturated rings. The van der Waals surface area contributed by atoms with Gasteiger partial charge in [-0.2, -0.15) is 8.78 Å². The van der Waals surface area contributed by atoms with Crippen LogP contribution in [0.4, 0.5) is 13.2 Å². The van der Waals surface area contributed by atoms with E-state index in [1.54, 1.807) is 12.1 Å². The Kier molecular flexibility index (Phi) is 5.73. The van der Waals surface area contributed by atoms with Crippen molar-refractivity contribution < 1.29 is 17.9 Å². The summed E-state index contributed by atoms with van der Waals surface area (Å²) in [7, 11) is 0. The molecule has 0 saturated carbocycles. The molecule has 0 aromatic heterocycles. The maximum atomic E-state index is 15.0. The highest BCUT2D eigenvalue weighted by Crippen LogP contribution is 2.51. The summed E-state index contributed by atoms with van der Waals surface area (Å²) in [5.74, 6) is -1.21. The molecule has 1 heterocycles. The molecular weight excluding hydrogens is 349 g/mol. The lowest BCUT2D eigenvalue weighted by molar-refractivity contribution is -0.238. The molecule has 1 aliphatic carbocycles. The summed E-state index contributed by atoms with van der Waals surface area (Å²) in [5.41, 5.74) is 2.88. The minimum absolute atomic E-state index is 0.0495. The zero-order valence-electron chi connectivity index (χ0n) is 16.6. The van der Waals surface area contributed by atoms with Gasteiger partial charge in [-0.25, -0.2) is 4.39 Å². The third-order valence-electron chi connectivity index (χ3n) is 5.84. The summed E-state index contributed by atoms with van der Waals surface area (Å²) in [6.45, 7) is 8.17. The minimum Gasteiger partial charge on any atom is -0.429 e. The fourth-order valence-electron chi connectivity index (χ4n) is 4.02. The second kappa shape index (κ2) is 7.73. The topological polar surface area (TPSA) is 9.23 Å². The Balaban J connectivity index is 1.86. The van der Waals surface area contributed by atoms with E-state index >= 15 is 4.39 Å². The summed E-state index contributed by atoms with van der Waals surface area (Å²) in [5, 5.41) is 0. The molecule has 2 atom stereocenters. The molecular formula is C23H29F3O. The molecule has 1 aromatic carbocycles. The van der Waals surface area contributed by atoms with E-state index < -0.39 is 17.9 Å². The molecule has 1 aromatic rings. The molecule has 0 radical (unpaired) electrons. The molecule has 2 aliphatic rings. The molecule has 1 aliphatic heterocycles. The van der Waals surface area contributed by atoms with Crippen LogP contribution in [-0.2, 0) is 4.74 Å². The lowest BCUT2D eigenvalue weighted by Gasteiger charge is -2.37. The second-order valence-corrected chi connectivity index (χ2v) is 8.48. The van der Waals surface area contributed by atoms with E-state index in [0.717, 1.165) is 18.4 Å². The van der Waals surface area contributed by atoms with Gasteiger partial charge in [-0.1, -0.05) is 57.0 Å². The summed E-state index contributed by atoms with van der Waals surface area (Å²) in [4.78, 5) is 0.